The fraction of sp³-hybridized carbons (Fsp3) is 0.273. The Labute approximate surface area is 188 Å². The summed E-state index contributed by atoms with van der Waals surface area (Å²) in [4.78, 5) is 50.1. The first-order chi connectivity index (χ1) is 15.7. The minimum Gasteiger partial charge on any atom is -0.368 e. The lowest BCUT2D eigenvalue weighted by Gasteiger charge is -2.18. The number of carbonyl (C=O) groups is 3. The number of primary amides is 1. The summed E-state index contributed by atoms with van der Waals surface area (Å²) in [6.45, 7) is 3.93. The number of carbonyl (C=O) groups excluding carboxylic acids is 3. The molecule has 1 aromatic heterocycles. The molecule has 0 radical (unpaired) electrons. The van der Waals surface area contributed by atoms with Crippen LogP contribution in [0.2, 0.25) is 0 Å². The van der Waals surface area contributed by atoms with Crippen molar-refractivity contribution in [1.82, 2.24) is 19.8 Å². The van der Waals surface area contributed by atoms with Gasteiger partial charge in [0.2, 0.25) is 17.7 Å². The van der Waals surface area contributed by atoms with E-state index < -0.39 is 17.5 Å². The number of aryl methyl sites for hydroxylation is 2. The Morgan fingerprint density at radius 2 is 1.73 bits per heavy atom. The third-order valence-corrected chi connectivity index (χ3v) is 5.62. The summed E-state index contributed by atoms with van der Waals surface area (Å²) in [6, 6.07) is 12.2. The van der Waals surface area contributed by atoms with Crippen LogP contribution in [-0.2, 0) is 20.9 Å². The third-order valence-electron chi connectivity index (χ3n) is 5.62. The second-order valence-corrected chi connectivity index (χ2v) is 8.01. The van der Waals surface area contributed by atoms with E-state index in [1.54, 1.807) is 29.2 Å². The number of aromatic nitrogens is 4. The first-order valence-corrected chi connectivity index (χ1v) is 10.3. The molecule has 2 aromatic carbocycles. The average molecular weight is 449 g/mol. The maximum atomic E-state index is 12.8. The molecule has 0 saturated carbocycles. The lowest BCUT2D eigenvalue weighted by molar-refractivity contribution is -0.122. The van der Waals surface area contributed by atoms with Gasteiger partial charge in [-0.15, -0.1) is 0 Å². The molecule has 1 aliphatic rings. The zero-order valence-corrected chi connectivity index (χ0v) is 18.2. The van der Waals surface area contributed by atoms with Crippen molar-refractivity contribution in [2.45, 2.75) is 26.8 Å². The fourth-order valence-electron chi connectivity index (χ4n) is 3.64. The third kappa shape index (κ3) is 4.52. The molecular weight excluding hydrogens is 426 g/mol. The van der Waals surface area contributed by atoms with Gasteiger partial charge in [0.15, 0.2) is 0 Å². The molecule has 33 heavy (non-hydrogen) atoms. The summed E-state index contributed by atoms with van der Waals surface area (Å²) in [7, 11) is 0. The number of anilines is 2. The SMILES string of the molecule is Cc1ccc(N2C[C@@H](C(=O)Nc3ccc(-n4nnn(CC(N)=O)c4=O)cc3)CC2=O)cc1C. The van der Waals surface area contributed by atoms with Crippen molar-refractivity contribution in [3.8, 4) is 5.69 Å². The smallest absolute Gasteiger partial charge is 0.368 e. The zero-order chi connectivity index (χ0) is 23.7. The van der Waals surface area contributed by atoms with Crippen LogP contribution in [0.1, 0.15) is 17.5 Å². The Morgan fingerprint density at radius 1 is 1.03 bits per heavy atom. The molecule has 1 saturated heterocycles. The van der Waals surface area contributed by atoms with E-state index in [0.29, 0.717) is 17.9 Å². The molecule has 2 heterocycles. The number of nitrogens with two attached hydrogens (primary N) is 1. The Hall–Kier alpha value is -4.28. The minimum absolute atomic E-state index is 0.0906. The lowest BCUT2D eigenvalue weighted by Crippen LogP contribution is -2.30. The van der Waals surface area contributed by atoms with Crippen molar-refractivity contribution in [2.24, 2.45) is 11.7 Å². The molecule has 1 atom stereocenters. The summed E-state index contributed by atoms with van der Waals surface area (Å²) in [5.41, 5.74) is 8.41. The summed E-state index contributed by atoms with van der Waals surface area (Å²) in [5.74, 6) is -1.53. The zero-order valence-electron chi connectivity index (χ0n) is 18.2. The van der Waals surface area contributed by atoms with Gasteiger partial charge >= 0.3 is 5.69 Å². The molecule has 0 unspecified atom stereocenters. The fourth-order valence-corrected chi connectivity index (χ4v) is 3.64. The quantitative estimate of drug-likeness (QED) is 0.561. The van der Waals surface area contributed by atoms with Crippen LogP contribution in [0.5, 0.6) is 0 Å². The maximum absolute atomic E-state index is 12.8. The predicted molar refractivity (Wildman–Crippen MR) is 120 cm³/mol. The summed E-state index contributed by atoms with van der Waals surface area (Å²) in [6.07, 6.45) is 0.134. The molecule has 3 N–H and O–H groups in total. The number of nitrogens with one attached hydrogen (secondary N) is 1. The molecule has 11 heteroatoms. The average Bonchev–Trinajstić information content (AvgIpc) is 3.33. The summed E-state index contributed by atoms with van der Waals surface area (Å²) < 4.78 is 1.88. The molecule has 4 rings (SSSR count). The molecule has 170 valence electrons. The van der Waals surface area contributed by atoms with Gasteiger partial charge in [-0.2, -0.15) is 9.36 Å². The van der Waals surface area contributed by atoms with Crippen molar-refractivity contribution in [3.63, 3.8) is 0 Å². The number of tetrazole rings is 1. The molecular formula is C22H23N7O4. The van der Waals surface area contributed by atoms with Crippen LogP contribution in [0.15, 0.2) is 47.3 Å². The van der Waals surface area contributed by atoms with E-state index in [9.17, 15) is 19.2 Å². The van der Waals surface area contributed by atoms with Crippen molar-refractivity contribution in [2.75, 3.05) is 16.8 Å². The molecule has 0 aliphatic carbocycles. The van der Waals surface area contributed by atoms with Crippen LogP contribution in [0.3, 0.4) is 0 Å². The Bertz CT molecular complexity index is 1290. The molecule has 0 spiro atoms. The van der Waals surface area contributed by atoms with Crippen molar-refractivity contribution in [3.05, 3.63) is 64.1 Å². The van der Waals surface area contributed by atoms with E-state index in [1.807, 2.05) is 32.0 Å². The Kier molecular flexibility index (Phi) is 5.78. The van der Waals surface area contributed by atoms with Crippen LogP contribution >= 0.6 is 0 Å². The predicted octanol–water partition coefficient (Wildman–Crippen LogP) is 0.523. The van der Waals surface area contributed by atoms with E-state index in [0.717, 1.165) is 26.2 Å². The topological polar surface area (TPSA) is 145 Å². The lowest BCUT2D eigenvalue weighted by atomic mass is 10.1. The summed E-state index contributed by atoms with van der Waals surface area (Å²) in [5, 5.41) is 10.2. The van der Waals surface area contributed by atoms with Crippen LogP contribution in [0.4, 0.5) is 11.4 Å². The second-order valence-electron chi connectivity index (χ2n) is 8.01. The highest BCUT2D eigenvalue weighted by molar-refractivity contribution is 6.03. The molecule has 1 aliphatic heterocycles. The molecule has 1 fully saturated rings. The van der Waals surface area contributed by atoms with Gasteiger partial charge < -0.3 is 16.0 Å². The van der Waals surface area contributed by atoms with Crippen molar-refractivity contribution in [1.29, 1.82) is 0 Å². The maximum Gasteiger partial charge on any atom is 0.368 e. The molecule has 0 bridgehead atoms. The van der Waals surface area contributed by atoms with Gasteiger partial charge in [0, 0.05) is 24.3 Å². The van der Waals surface area contributed by atoms with Crippen LogP contribution in [0, 0.1) is 19.8 Å². The number of amides is 3. The minimum atomic E-state index is -0.705. The highest BCUT2D eigenvalue weighted by Crippen LogP contribution is 2.27. The van der Waals surface area contributed by atoms with Gasteiger partial charge in [0.25, 0.3) is 0 Å². The summed E-state index contributed by atoms with van der Waals surface area (Å²) >= 11 is 0. The number of hydrogen-bond acceptors (Lipinski definition) is 6. The highest BCUT2D eigenvalue weighted by Gasteiger charge is 2.35. The standard InChI is InChI=1S/C22H23N7O4/c1-13-3-6-18(9-14(13)2)27-11-15(10-20(27)31)21(32)24-16-4-7-17(8-5-16)29-22(33)28(25-26-29)12-19(23)30/h3-9,15H,10-12H2,1-2H3,(H2,23,30)(H,24,32)/t15-/m0/s1. The second kappa shape index (κ2) is 8.69. The van der Waals surface area contributed by atoms with Gasteiger partial charge in [-0.1, -0.05) is 6.07 Å². The first-order valence-electron chi connectivity index (χ1n) is 10.3. The first kappa shape index (κ1) is 21.9. The van der Waals surface area contributed by atoms with Gasteiger partial charge in [0.05, 0.1) is 11.6 Å². The van der Waals surface area contributed by atoms with Gasteiger partial charge in [-0.3, -0.25) is 14.4 Å². The van der Waals surface area contributed by atoms with Gasteiger partial charge in [-0.05, 0) is 71.8 Å². The van der Waals surface area contributed by atoms with E-state index in [2.05, 4.69) is 15.7 Å². The van der Waals surface area contributed by atoms with Crippen molar-refractivity contribution < 1.29 is 14.4 Å². The number of nitrogens with zero attached hydrogens (tertiary/aromatic N) is 5. The van der Waals surface area contributed by atoms with Crippen molar-refractivity contribution >= 4 is 29.1 Å². The number of hydrogen-bond donors (Lipinski definition) is 2. The molecule has 11 nitrogen and oxygen atoms in total. The number of benzene rings is 2. The Balaban J connectivity index is 1.42. The number of rotatable bonds is 6. The Morgan fingerprint density at radius 3 is 2.39 bits per heavy atom. The van der Waals surface area contributed by atoms with Gasteiger partial charge in [-0.25, -0.2) is 4.79 Å². The van der Waals surface area contributed by atoms with Crippen LogP contribution < -0.4 is 21.6 Å². The van der Waals surface area contributed by atoms with Crippen LogP contribution in [-0.4, -0.2) is 44.1 Å². The normalized spacial score (nSPS) is 15.6. The monoisotopic (exact) mass is 449 g/mol. The van der Waals surface area contributed by atoms with Crippen LogP contribution in [0.25, 0.3) is 5.69 Å². The highest BCUT2D eigenvalue weighted by atomic mass is 16.2. The van der Waals surface area contributed by atoms with Gasteiger partial charge in [0.1, 0.15) is 6.54 Å². The van der Waals surface area contributed by atoms with E-state index in [1.165, 1.54) is 0 Å². The molecule has 3 amide bonds. The largest absolute Gasteiger partial charge is 0.368 e. The van der Waals surface area contributed by atoms with E-state index >= 15 is 0 Å². The van der Waals surface area contributed by atoms with E-state index in [-0.39, 0.29) is 24.8 Å². The molecule has 3 aromatic rings. The van der Waals surface area contributed by atoms with E-state index in [4.69, 9.17) is 5.73 Å².